The fraction of sp³-hybridized carbons (Fsp3) is 0.714. The van der Waals surface area contributed by atoms with Crippen molar-refractivity contribution in [1.82, 2.24) is 9.78 Å². The summed E-state index contributed by atoms with van der Waals surface area (Å²) in [5.74, 6) is 0.624. The number of carbonyl (C=O) groups excluding carboxylic acids is 1. The maximum absolute atomic E-state index is 12.9. The minimum absolute atomic E-state index is 0.0697. The van der Waals surface area contributed by atoms with Gasteiger partial charge in [-0.05, 0) is 19.3 Å². The molecule has 0 saturated heterocycles. The van der Waals surface area contributed by atoms with E-state index in [1.54, 1.807) is 18.0 Å². The summed E-state index contributed by atoms with van der Waals surface area (Å²) in [6.45, 7) is 4.75. The van der Waals surface area contributed by atoms with Crippen LogP contribution in [0.3, 0.4) is 0 Å². The van der Waals surface area contributed by atoms with Gasteiger partial charge in [-0.25, -0.2) is 0 Å². The minimum atomic E-state index is -0.487. The topological polar surface area (TPSA) is 70.1 Å². The minimum Gasteiger partial charge on any atom is -0.493 e. The van der Waals surface area contributed by atoms with Crippen molar-refractivity contribution in [3.8, 4) is 5.75 Å². The predicted molar refractivity (Wildman–Crippen MR) is 73.3 cm³/mol. The monoisotopic (exact) mass is 265 g/mol. The fourth-order valence-corrected chi connectivity index (χ4v) is 2.87. The molecule has 0 aromatic carbocycles. The number of ketones is 1. The molecule has 19 heavy (non-hydrogen) atoms. The highest BCUT2D eigenvalue weighted by Gasteiger charge is 2.45. The molecule has 1 fully saturated rings. The number of rotatable bonds is 5. The van der Waals surface area contributed by atoms with Crippen molar-refractivity contribution >= 4 is 5.78 Å². The second-order valence-electron chi connectivity index (χ2n) is 5.53. The Morgan fingerprint density at radius 1 is 1.68 bits per heavy atom. The van der Waals surface area contributed by atoms with Crippen LogP contribution in [-0.4, -0.2) is 28.7 Å². The lowest BCUT2D eigenvalue weighted by molar-refractivity contribution is 0.0787. The number of methoxy groups -OCH3 is 1. The molecule has 106 valence electrons. The average molecular weight is 265 g/mol. The number of aromatic nitrogens is 2. The van der Waals surface area contributed by atoms with E-state index in [0.29, 0.717) is 11.4 Å². The van der Waals surface area contributed by atoms with Gasteiger partial charge < -0.3 is 10.5 Å². The van der Waals surface area contributed by atoms with E-state index in [2.05, 4.69) is 12.0 Å². The van der Waals surface area contributed by atoms with Gasteiger partial charge >= 0.3 is 0 Å². The van der Waals surface area contributed by atoms with Crippen LogP contribution in [0.5, 0.6) is 5.75 Å². The summed E-state index contributed by atoms with van der Waals surface area (Å²) in [4.78, 5) is 12.9. The molecule has 1 heterocycles. The highest BCUT2D eigenvalue weighted by atomic mass is 16.5. The Labute approximate surface area is 114 Å². The Morgan fingerprint density at radius 3 is 2.95 bits per heavy atom. The van der Waals surface area contributed by atoms with Crippen molar-refractivity contribution in [1.29, 1.82) is 0 Å². The number of Topliss-reactive ketones (excluding diaryl/α,β-unsaturated/α-hetero) is 1. The van der Waals surface area contributed by atoms with Crippen LogP contribution < -0.4 is 10.5 Å². The number of nitrogens with two attached hydrogens (primary N) is 1. The van der Waals surface area contributed by atoms with E-state index in [9.17, 15) is 4.79 Å². The molecule has 0 spiro atoms. The zero-order valence-corrected chi connectivity index (χ0v) is 12.0. The molecule has 1 aliphatic carbocycles. The Hall–Kier alpha value is -1.36. The standard InChI is InChI=1S/C14H23N3O2/c1-4-8-17-12(10(19-3)9-16-17)13(18)14(2)7-5-6-11(14)15/h9,11H,4-8,15H2,1-3H3. The molecule has 0 amide bonds. The van der Waals surface area contributed by atoms with E-state index in [1.807, 2.05) is 6.92 Å². The number of hydrogen-bond donors (Lipinski definition) is 1. The smallest absolute Gasteiger partial charge is 0.192 e. The van der Waals surface area contributed by atoms with E-state index in [-0.39, 0.29) is 11.8 Å². The van der Waals surface area contributed by atoms with Crippen molar-refractivity contribution in [2.45, 2.75) is 52.1 Å². The molecule has 1 aliphatic rings. The van der Waals surface area contributed by atoms with Crippen LogP contribution >= 0.6 is 0 Å². The zero-order valence-electron chi connectivity index (χ0n) is 12.0. The Kier molecular flexibility index (Phi) is 3.94. The molecular formula is C14H23N3O2. The molecule has 2 rings (SSSR count). The van der Waals surface area contributed by atoms with Crippen LogP contribution in [0.25, 0.3) is 0 Å². The molecule has 1 saturated carbocycles. The molecule has 0 bridgehead atoms. The number of nitrogens with zero attached hydrogens (tertiary/aromatic N) is 2. The van der Waals surface area contributed by atoms with Crippen molar-refractivity contribution < 1.29 is 9.53 Å². The predicted octanol–water partition coefficient (Wildman–Crippen LogP) is 2.00. The molecule has 2 unspecified atom stereocenters. The Balaban J connectivity index is 2.39. The summed E-state index contributed by atoms with van der Waals surface area (Å²) in [7, 11) is 1.57. The Morgan fingerprint density at radius 2 is 2.42 bits per heavy atom. The second-order valence-corrected chi connectivity index (χ2v) is 5.53. The van der Waals surface area contributed by atoms with Crippen molar-refractivity contribution in [2.75, 3.05) is 7.11 Å². The normalized spacial score (nSPS) is 26.6. The van der Waals surface area contributed by atoms with Crippen molar-refractivity contribution in [3.63, 3.8) is 0 Å². The average Bonchev–Trinajstić information content (AvgIpc) is 2.94. The summed E-state index contributed by atoms with van der Waals surface area (Å²) in [6, 6.07) is -0.0744. The van der Waals surface area contributed by atoms with Crippen LogP contribution in [0.2, 0.25) is 0 Å². The molecular weight excluding hydrogens is 242 g/mol. The van der Waals surface area contributed by atoms with Crippen molar-refractivity contribution in [3.05, 3.63) is 11.9 Å². The number of aryl methyl sites for hydroxylation is 1. The maximum Gasteiger partial charge on any atom is 0.192 e. The van der Waals surface area contributed by atoms with Gasteiger partial charge in [0.25, 0.3) is 0 Å². The first-order valence-corrected chi connectivity index (χ1v) is 6.94. The largest absolute Gasteiger partial charge is 0.493 e. The van der Waals surface area contributed by atoms with Crippen LogP contribution in [0.1, 0.15) is 50.0 Å². The van der Waals surface area contributed by atoms with Gasteiger partial charge in [-0.1, -0.05) is 20.3 Å². The van der Waals surface area contributed by atoms with Crippen LogP contribution in [0.4, 0.5) is 0 Å². The van der Waals surface area contributed by atoms with Gasteiger partial charge in [0.05, 0.1) is 13.3 Å². The molecule has 2 atom stereocenters. The highest BCUT2D eigenvalue weighted by Crippen LogP contribution is 2.41. The lowest BCUT2D eigenvalue weighted by Crippen LogP contribution is -2.42. The van der Waals surface area contributed by atoms with Gasteiger partial charge in [-0.2, -0.15) is 5.10 Å². The van der Waals surface area contributed by atoms with Gasteiger partial charge in [0.2, 0.25) is 0 Å². The molecule has 1 aromatic heterocycles. The van der Waals surface area contributed by atoms with Gasteiger partial charge in [0, 0.05) is 18.0 Å². The van der Waals surface area contributed by atoms with E-state index in [1.165, 1.54) is 0 Å². The first-order valence-electron chi connectivity index (χ1n) is 6.94. The van der Waals surface area contributed by atoms with E-state index in [0.717, 1.165) is 32.2 Å². The number of ether oxygens (including phenoxy) is 1. The third-order valence-electron chi connectivity index (χ3n) is 4.22. The summed E-state index contributed by atoms with van der Waals surface area (Å²) in [5.41, 5.74) is 6.23. The zero-order chi connectivity index (χ0) is 14.0. The lowest BCUT2D eigenvalue weighted by Gasteiger charge is -2.27. The van der Waals surface area contributed by atoms with E-state index >= 15 is 0 Å². The van der Waals surface area contributed by atoms with Gasteiger partial charge in [-0.3, -0.25) is 9.48 Å². The maximum atomic E-state index is 12.9. The van der Waals surface area contributed by atoms with Crippen molar-refractivity contribution in [2.24, 2.45) is 11.1 Å². The molecule has 0 aliphatic heterocycles. The fourth-order valence-electron chi connectivity index (χ4n) is 2.87. The van der Waals surface area contributed by atoms with Crippen LogP contribution in [-0.2, 0) is 6.54 Å². The highest BCUT2D eigenvalue weighted by molar-refractivity contribution is 6.01. The van der Waals surface area contributed by atoms with E-state index in [4.69, 9.17) is 10.5 Å². The molecule has 5 heteroatoms. The molecule has 1 aromatic rings. The number of carbonyl (C=O) groups is 1. The first kappa shape index (κ1) is 14.1. The Bertz CT molecular complexity index is 469. The molecule has 5 nitrogen and oxygen atoms in total. The van der Waals surface area contributed by atoms with E-state index < -0.39 is 5.41 Å². The second kappa shape index (κ2) is 5.33. The summed E-state index contributed by atoms with van der Waals surface area (Å²) in [6.07, 6.45) is 5.30. The lowest BCUT2D eigenvalue weighted by atomic mass is 9.79. The van der Waals surface area contributed by atoms with Gasteiger partial charge in [-0.15, -0.1) is 0 Å². The van der Waals surface area contributed by atoms with Gasteiger partial charge in [0.1, 0.15) is 5.69 Å². The third kappa shape index (κ3) is 2.27. The third-order valence-corrected chi connectivity index (χ3v) is 4.22. The molecule has 0 radical (unpaired) electrons. The summed E-state index contributed by atoms with van der Waals surface area (Å²) < 4.78 is 7.04. The summed E-state index contributed by atoms with van der Waals surface area (Å²) in [5, 5.41) is 4.26. The first-order chi connectivity index (χ1) is 9.04. The summed E-state index contributed by atoms with van der Waals surface area (Å²) >= 11 is 0. The van der Waals surface area contributed by atoms with Gasteiger partial charge in [0.15, 0.2) is 11.5 Å². The quantitative estimate of drug-likeness (QED) is 0.827. The number of hydrogen-bond acceptors (Lipinski definition) is 4. The van der Waals surface area contributed by atoms with Crippen LogP contribution in [0.15, 0.2) is 6.20 Å². The van der Waals surface area contributed by atoms with Crippen LogP contribution in [0, 0.1) is 5.41 Å². The SMILES string of the molecule is CCCn1ncc(OC)c1C(=O)C1(C)CCCC1N. The molecule has 2 N–H and O–H groups in total.